The summed E-state index contributed by atoms with van der Waals surface area (Å²) >= 11 is 0. The third kappa shape index (κ3) is 3.76. The minimum Gasteiger partial charge on any atom is -0.497 e. The maximum absolute atomic E-state index is 11.3. The van der Waals surface area contributed by atoms with Gasteiger partial charge in [-0.05, 0) is 18.6 Å². The zero-order chi connectivity index (χ0) is 13.6. The average Bonchev–Trinajstić information content (AvgIpc) is 2.39. The Morgan fingerprint density at radius 1 is 1.44 bits per heavy atom. The van der Waals surface area contributed by atoms with Crippen molar-refractivity contribution in [3.8, 4) is 5.75 Å². The summed E-state index contributed by atoms with van der Waals surface area (Å²) in [5, 5.41) is 0. The molecule has 0 amide bonds. The van der Waals surface area contributed by atoms with Crippen LogP contribution in [0.4, 0.5) is 5.69 Å². The Morgan fingerprint density at radius 2 is 2.17 bits per heavy atom. The monoisotopic (exact) mass is 249 g/mol. The largest absolute Gasteiger partial charge is 0.497 e. The molecule has 0 saturated heterocycles. The molecule has 100 valence electrons. The van der Waals surface area contributed by atoms with Gasteiger partial charge in [0.05, 0.1) is 7.11 Å². The van der Waals surface area contributed by atoms with Gasteiger partial charge >= 0.3 is 0 Å². The van der Waals surface area contributed by atoms with E-state index in [1.165, 1.54) is 0 Å². The summed E-state index contributed by atoms with van der Waals surface area (Å²) in [6, 6.07) is 7.89. The van der Waals surface area contributed by atoms with Gasteiger partial charge in [-0.2, -0.15) is 0 Å². The molecule has 0 N–H and O–H groups in total. The third-order valence-corrected chi connectivity index (χ3v) is 3.20. The Balaban J connectivity index is 2.80. The second-order valence-electron chi connectivity index (χ2n) is 5.08. The van der Waals surface area contributed by atoms with E-state index in [2.05, 4.69) is 11.8 Å². The molecule has 18 heavy (non-hydrogen) atoms. The van der Waals surface area contributed by atoms with E-state index in [9.17, 15) is 4.79 Å². The average molecular weight is 249 g/mol. The molecule has 0 saturated carbocycles. The lowest BCUT2D eigenvalue weighted by atomic mass is 9.87. The van der Waals surface area contributed by atoms with E-state index >= 15 is 0 Å². The number of aldehydes is 1. The highest BCUT2D eigenvalue weighted by Crippen LogP contribution is 2.26. The minimum absolute atomic E-state index is 0.285. The van der Waals surface area contributed by atoms with Crippen molar-refractivity contribution in [1.82, 2.24) is 0 Å². The number of benzene rings is 1. The van der Waals surface area contributed by atoms with Gasteiger partial charge in [0.15, 0.2) is 0 Å². The normalized spacial score (nSPS) is 13.8. The number of nitrogens with zero attached hydrogens (tertiary/aromatic N) is 1. The first kappa shape index (κ1) is 14.6. The summed E-state index contributed by atoms with van der Waals surface area (Å²) < 4.78 is 5.21. The predicted octanol–water partition coefficient (Wildman–Crippen LogP) is 3.14. The fraction of sp³-hybridized carbons (Fsp3) is 0.533. The van der Waals surface area contributed by atoms with Crippen LogP contribution in [-0.4, -0.2) is 27.0 Å². The Bertz CT molecular complexity index is 392. The highest BCUT2D eigenvalue weighted by Gasteiger charge is 2.24. The fourth-order valence-electron chi connectivity index (χ4n) is 2.23. The van der Waals surface area contributed by atoms with Gasteiger partial charge in [0.2, 0.25) is 0 Å². The Morgan fingerprint density at radius 3 is 2.72 bits per heavy atom. The van der Waals surface area contributed by atoms with E-state index in [1.54, 1.807) is 7.11 Å². The van der Waals surface area contributed by atoms with Crippen LogP contribution in [0.3, 0.4) is 0 Å². The first-order valence-electron chi connectivity index (χ1n) is 6.36. The Kier molecular flexibility index (Phi) is 5.20. The van der Waals surface area contributed by atoms with E-state index in [1.807, 2.05) is 38.2 Å². The van der Waals surface area contributed by atoms with Crippen molar-refractivity contribution in [1.29, 1.82) is 0 Å². The lowest BCUT2D eigenvalue weighted by Crippen LogP contribution is -2.34. The Hall–Kier alpha value is -1.51. The van der Waals surface area contributed by atoms with Gasteiger partial charge in [0, 0.05) is 30.8 Å². The topological polar surface area (TPSA) is 29.5 Å². The van der Waals surface area contributed by atoms with Crippen LogP contribution in [0.15, 0.2) is 24.3 Å². The number of hydrogen-bond donors (Lipinski definition) is 0. The Labute approximate surface area is 110 Å². The zero-order valence-corrected chi connectivity index (χ0v) is 11.8. The molecule has 0 heterocycles. The summed E-state index contributed by atoms with van der Waals surface area (Å²) in [4.78, 5) is 13.4. The van der Waals surface area contributed by atoms with Gasteiger partial charge in [-0.1, -0.05) is 26.3 Å². The van der Waals surface area contributed by atoms with Crippen molar-refractivity contribution in [2.45, 2.75) is 26.7 Å². The van der Waals surface area contributed by atoms with Crippen molar-refractivity contribution in [3.63, 3.8) is 0 Å². The van der Waals surface area contributed by atoms with E-state index in [0.717, 1.165) is 37.1 Å². The van der Waals surface area contributed by atoms with Crippen molar-refractivity contribution in [2.75, 3.05) is 25.6 Å². The maximum atomic E-state index is 11.3. The van der Waals surface area contributed by atoms with Gasteiger partial charge < -0.3 is 14.4 Å². The standard InChI is InChI=1S/C15H23NO2/c1-5-9-15(2,12-17)11-16(3)13-7-6-8-14(10-13)18-4/h6-8,10,12H,5,9,11H2,1-4H3. The third-order valence-electron chi connectivity index (χ3n) is 3.20. The molecule has 0 fully saturated rings. The van der Waals surface area contributed by atoms with Gasteiger partial charge in [-0.25, -0.2) is 0 Å². The second-order valence-corrected chi connectivity index (χ2v) is 5.08. The molecule has 0 spiro atoms. The molecule has 1 rings (SSSR count). The minimum atomic E-state index is -0.285. The molecule has 0 aliphatic carbocycles. The van der Waals surface area contributed by atoms with E-state index in [-0.39, 0.29) is 5.41 Å². The number of rotatable bonds is 7. The summed E-state index contributed by atoms with van der Waals surface area (Å²) in [5.74, 6) is 0.836. The molecule has 3 heteroatoms. The molecule has 0 aromatic heterocycles. The van der Waals surface area contributed by atoms with E-state index in [4.69, 9.17) is 4.74 Å². The number of methoxy groups -OCH3 is 1. The number of carbonyl (C=O) groups excluding carboxylic acids is 1. The lowest BCUT2D eigenvalue weighted by molar-refractivity contribution is -0.115. The second kappa shape index (κ2) is 6.43. The quantitative estimate of drug-likeness (QED) is 0.695. The van der Waals surface area contributed by atoms with Crippen LogP contribution in [-0.2, 0) is 4.79 Å². The zero-order valence-electron chi connectivity index (χ0n) is 11.8. The molecule has 3 nitrogen and oxygen atoms in total. The van der Waals surface area contributed by atoms with Gasteiger partial charge in [0.1, 0.15) is 12.0 Å². The van der Waals surface area contributed by atoms with E-state index in [0.29, 0.717) is 0 Å². The molecular formula is C15H23NO2. The lowest BCUT2D eigenvalue weighted by Gasteiger charge is -2.30. The van der Waals surface area contributed by atoms with Crippen LogP contribution in [0, 0.1) is 5.41 Å². The van der Waals surface area contributed by atoms with Crippen LogP contribution in [0.5, 0.6) is 5.75 Å². The van der Waals surface area contributed by atoms with E-state index < -0.39 is 0 Å². The first-order valence-corrected chi connectivity index (χ1v) is 6.36. The summed E-state index contributed by atoms with van der Waals surface area (Å²) in [6.45, 7) is 4.84. The number of hydrogen-bond acceptors (Lipinski definition) is 3. The highest BCUT2D eigenvalue weighted by atomic mass is 16.5. The molecule has 0 aliphatic rings. The number of carbonyl (C=O) groups is 1. The fourth-order valence-corrected chi connectivity index (χ4v) is 2.23. The van der Waals surface area contributed by atoms with Crippen molar-refractivity contribution >= 4 is 12.0 Å². The summed E-state index contributed by atoms with van der Waals surface area (Å²) in [7, 11) is 3.66. The molecule has 0 aliphatic heterocycles. The summed E-state index contributed by atoms with van der Waals surface area (Å²) in [6.07, 6.45) is 3.00. The SMILES string of the molecule is CCCC(C)(C=O)CN(C)c1cccc(OC)c1. The van der Waals surface area contributed by atoms with Crippen LogP contribution >= 0.6 is 0 Å². The van der Waals surface area contributed by atoms with Gasteiger partial charge in [-0.15, -0.1) is 0 Å². The number of anilines is 1. The molecule has 0 bridgehead atoms. The summed E-state index contributed by atoms with van der Waals surface area (Å²) in [5.41, 5.74) is 0.783. The van der Waals surface area contributed by atoms with Crippen LogP contribution in [0.2, 0.25) is 0 Å². The van der Waals surface area contributed by atoms with Gasteiger partial charge in [0.25, 0.3) is 0 Å². The molecule has 0 radical (unpaired) electrons. The van der Waals surface area contributed by atoms with Crippen LogP contribution in [0.1, 0.15) is 26.7 Å². The van der Waals surface area contributed by atoms with Gasteiger partial charge in [-0.3, -0.25) is 0 Å². The number of ether oxygens (including phenoxy) is 1. The van der Waals surface area contributed by atoms with Crippen LogP contribution in [0.25, 0.3) is 0 Å². The molecule has 1 aromatic carbocycles. The molecular weight excluding hydrogens is 226 g/mol. The van der Waals surface area contributed by atoms with Crippen molar-refractivity contribution in [2.24, 2.45) is 5.41 Å². The van der Waals surface area contributed by atoms with Crippen molar-refractivity contribution in [3.05, 3.63) is 24.3 Å². The highest BCUT2D eigenvalue weighted by molar-refractivity contribution is 5.61. The predicted molar refractivity (Wildman–Crippen MR) is 75.3 cm³/mol. The maximum Gasteiger partial charge on any atom is 0.127 e. The smallest absolute Gasteiger partial charge is 0.127 e. The van der Waals surface area contributed by atoms with Crippen LogP contribution < -0.4 is 9.64 Å². The van der Waals surface area contributed by atoms with Crippen molar-refractivity contribution < 1.29 is 9.53 Å². The molecule has 1 aromatic rings. The molecule has 1 unspecified atom stereocenters. The molecule has 1 atom stereocenters. The first-order chi connectivity index (χ1) is 8.54.